The van der Waals surface area contributed by atoms with Crippen molar-refractivity contribution in [2.45, 2.75) is 13.5 Å². The highest BCUT2D eigenvalue weighted by Crippen LogP contribution is 2.32. The minimum Gasteiger partial charge on any atom is -0.454 e. The molecule has 1 aromatic heterocycles. The van der Waals surface area contributed by atoms with Crippen molar-refractivity contribution < 1.29 is 23.5 Å². The van der Waals surface area contributed by atoms with E-state index in [1.165, 1.54) is 0 Å². The SMILES string of the molecule is Cc1noc(OCC(=O)NCc2ccc3c(c2)OCO3)n1. The van der Waals surface area contributed by atoms with Crippen LogP contribution in [0.25, 0.3) is 0 Å². The number of nitrogens with one attached hydrogen (secondary N) is 1. The molecule has 8 nitrogen and oxygen atoms in total. The zero-order chi connectivity index (χ0) is 14.7. The number of carbonyl (C=O) groups is 1. The number of fused-ring (bicyclic) bond motifs is 1. The molecule has 3 rings (SSSR count). The third-order valence-electron chi connectivity index (χ3n) is 2.76. The van der Waals surface area contributed by atoms with E-state index in [0.717, 1.165) is 5.56 Å². The van der Waals surface area contributed by atoms with Crippen LogP contribution in [-0.4, -0.2) is 29.4 Å². The van der Waals surface area contributed by atoms with Crippen LogP contribution in [0.2, 0.25) is 0 Å². The smallest absolute Gasteiger partial charge is 0.417 e. The largest absolute Gasteiger partial charge is 0.454 e. The lowest BCUT2D eigenvalue weighted by molar-refractivity contribution is -0.123. The number of benzene rings is 1. The summed E-state index contributed by atoms with van der Waals surface area (Å²) in [6.07, 6.45) is -0.0225. The van der Waals surface area contributed by atoms with Crippen LogP contribution in [0.15, 0.2) is 22.7 Å². The zero-order valence-corrected chi connectivity index (χ0v) is 11.3. The maximum absolute atomic E-state index is 11.6. The number of amides is 1. The third kappa shape index (κ3) is 3.22. The molecule has 0 unspecified atom stereocenters. The molecule has 21 heavy (non-hydrogen) atoms. The number of hydrogen-bond donors (Lipinski definition) is 1. The number of nitrogens with zero attached hydrogens (tertiary/aromatic N) is 2. The first-order valence-electron chi connectivity index (χ1n) is 6.29. The molecule has 1 aliphatic heterocycles. The first-order valence-corrected chi connectivity index (χ1v) is 6.29. The molecule has 1 N–H and O–H groups in total. The van der Waals surface area contributed by atoms with E-state index in [1.807, 2.05) is 18.2 Å². The molecule has 2 aromatic rings. The normalized spacial score (nSPS) is 12.2. The van der Waals surface area contributed by atoms with Crippen LogP contribution in [0.4, 0.5) is 0 Å². The summed E-state index contributed by atoms with van der Waals surface area (Å²) in [5.41, 5.74) is 0.904. The van der Waals surface area contributed by atoms with Gasteiger partial charge in [0.25, 0.3) is 5.91 Å². The van der Waals surface area contributed by atoms with Crippen molar-refractivity contribution in [2.75, 3.05) is 13.4 Å². The lowest BCUT2D eigenvalue weighted by Gasteiger charge is -2.06. The Hall–Kier alpha value is -2.77. The van der Waals surface area contributed by atoms with E-state index in [2.05, 4.69) is 15.5 Å². The monoisotopic (exact) mass is 291 g/mol. The van der Waals surface area contributed by atoms with E-state index in [0.29, 0.717) is 23.9 Å². The van der Waals surface area contributed by atoms with Crippen LogP contribution in [0, 0.1) is 6.92 Å². The predicted molar refractivity (Wildman–Crippen MR) is 68.9 cm³/mol. The van der Waals surface area contributed by atoms with E-state index >= 15 is 0 Å². The lowest BCUT2D eigenvalue weighted by Crippen LogP contribution is -2.28. The highest BCUT2D eigenvalue weighted by Gasteiger charge is 2.13. The Bertz CT molecular complexity index is 655. The predicted octanol–water partition coefficient (Wildman–Crippen LogP) is 0.802. The molecule has 0 aliphatic carbocycles. The summed E-state index contributed by atoms with van der Waals surface area (Å²) in [5.74, 6) is 1.55. The summed E-state index contributed by atoms with van der Waals surface area (Å²) in [5, 5.41) is 6.27. The number of hydrogen-bond acceptors (Lipinski definition) is 7. The summed E-state index contributed by atoms with van der Waals surface area (Å²) in [4.78, 5) is 15.5. The molecule has 0 fully saturated rings. The van der Waals surface area contributed by atoms with Crippen molar-refractivity contribution in [1.82, 2.24) is 15.5 Å². The van der Waals surface area contributed by atoms with Crippen LogP contribution in [-0.2, 0) is 11.3 Å². The van der Waals surface area contributed by atoms with Crippen LogP contribution in [0.1, 0.15) is 11.4 Å². The highest BCUT2D eigenvalue weighted by atomic mass is 16.7. The minimum absolute atomic E-state index is 0.0225. The van der Waals surface area contributed by atoms with Gasteiger partial charge in [-0.15, -0.1) is 0 Å². The highest BCUT2D eigenvalue weighted by molar-refractivity contribution is 5.77. The van der Waals surface area contributed by atoms with Gasteiger partial charge in [0.15, 0.2) is 23.9 Å². The molecule has 0 saturated carbocycles. The number of ether oxygens (including phenoxy) is 3. The second-order valence-electron chi connectivity index (χ2n) is 4.36. The molecule has 0 atom stereocenters. The van der Waals surface area contributed by atoms with E-state index in [9.17, 15) is 4.79 Å². The van der Waals surface area contributed by atoms with Crippen molar-refractivity contribution in [1.29, 1.82) is 0 Å². The van der Waals surface area contributed by atoms with Crippen molar-refractivity contribution in [3.8, 4) is 17.6 Å². The van der Waals surface area contributed by atoms with Gasteiger partial charge in [-0.25, -0.2) is 0 Å². The maximum atomic E-state index is 11.6. The summed E-state index contributed by atoms with van der Waals surface area (Å²) in [6.45, 7) is 2.06. The molecule has 0 radical (unpaired) electrons. The first-order chi connectivity index (χ1) is 10.2. The van der Waals surface area contributed by atoms with Gasteiger partial charge in [0, 0.05) is 6.54 Å². The Morgan fingerprint density at radius 2 is 2.24 bits per heavy atom. The van der Waals surface area contributed by atoms with Crippen molar-refractivity contribution in [3.05, 3.63) is 29.6 Å². The number of carbonyl (C=O) groups excluding carboxylic acids is 1. The average Bonchev–Trinajstić information content (AvgIpc) is 3.10. The van der Waals surface area contributed by atoms with E-state index in [4.69, 9.17) is 18.7 Å². The average molecular weight is 291 g/mol. The van der Waals surface area contributed by atoms with Crippen LogP contribution < -0.4 is 19.5 Å². The quantitative estimate of drug-likeness (QED) is 0.870. The van der Waals surface area contributed by atoms with Gasteiger partial charge in [-0.2, -0.15) is 4.98 Å². The topological polar surface area (TPSA) is 95.7 Å². The van der Waals surface area contributed by atoms with Gasteiger partial charge in [-0.1, -0.05) is 11.2 Å². The number of aryl methyl sites for hydroxylation is 1. The van der Waals surface area contributed by atoms with Crippen molar-refractivity contribution in [2.24, 2.45) is 0 Å². The summed E-state index contributed by atoms with van der Waals surface area (Å²) in [7, 11) is 0. The second kappa shape index (κ2) is 5.70. The van der Waals surface area contributed by atoms with Crippen LogP contribution in [0.5, 0.6) is 17.6 Å². The van der Waals surface area contributed by atoms with E-state index < -0.39 is 0 Å². The van der Waals surface area contributed by atoms with Gasteiger partial charge in [0.1, 0.15) is 0 Å². The molecular weight excluding hydrogens is 278 g/mol. The van der Waals surface area contributed by atoms with Gasteiger partial charge in [-0.3, -0.25) is 9.32 Å². The first kappa shape index (κ1) is 13.2. The van der Waals surface area contributed by atoms with Gasteiger partial charge in [-0.05, 0) is 24.6 Å². The molecule has 0 spiro atoms. The fourth-order valence-corrected chi connectivity index (χ4v) is 1.77. The zero-order valence-electron chi connectivity index (χ0n) is 11.3. The summed E-state index contributed by atoms with van der Waals surface area (Å²) >= 11 is 0. The molecule has 1 amide bonds. The van der Waals surface area contributed by atoms with E-state index in [1.54, 1.807) is 6.92 Å². The second-order valence-corrected chi connectivity index (χ2v) is 4.36. The van der Waals surface area contributed by atoms with Crippen LogP contribution >= 0.6 is 0 Å². The Morgan fingerprint density at radius 1 is 1.38 bits per heavy atom. The molecule has 110 valence electrons. The Labute approximate surface area is 120 Å². The fourth-order valence-electron chi connectivity index (χ4n) is 1.77. The maximum Gasteiger partial charge on any atom is 0.417 e. The molecular formula is C13H13N3O5. The Balaban J connectivity index is 1.47. The van der Waals surface area contributed by atoms with Crippen LogP contribution in [0.3, 0.4) is 0 Å². The summed E-state index contributed by atoms with van der Waals surface area (Å²) in [6, 6.07) is 5.49. The Morgan fingerprint density at radius 3 is 3.05 bits per heavy atom. The third-order valence-corrected chi connectivity index (χ3v) is 2.76. The van der Waals surface area contributed by atoms with Crippen molar-refractivity contribution >= 4 is 5.91 Å². The fraction of sp³-hybridized carbons (Fsp3) is 0.308. The molecule has 8 heteroatoms. The molecule has 0 saturated heterocycles. The molecule has 2 heterocycles. The van der Waals surface area contributed by atoms with Gasteiger partial charge < -0.3 is 19.5 Å². The minimum atomic E-state index is -0.288. The van der Waals surface area contributed by atoms with Crippen molar-refractivity contribution in [3.63, 3.8) is 0 Å². The van der Waals surface area contributed by atoms with Gasteiger partial charge >= 0.3 is 6.08 Å². The summed E-state index contributed by atoms with van der Waals surface area (Å²) < 4.78 is 20.3. The number of rotatable bonds is 5. The molecule has 1 aromatic carbocycles. The van der Waals surface area contributed by atoms with Gasteiger partial charge in [0.2, 0.25) is 6.79 Å². The molecule has 1 aliphatic rings. The lowest BCUT2D eigenvalue weighted by atomic mass is 10.2. The van der Waals surface area contributed by atoms with Gasteiger partial charge in [0.05, 0.1) is 0 Å². The standard InChI is InChI=1S/C13H13N3O5/c1-8-15-13(21-16-8)18-6-12(17)14-5-9-2-3-10-11(4-9)20-7-19-10/h2-4H,5-7H2,1H3,(H,14,17). The molecule has 0 bridgehead atoms. The Kier molecular flexibility index (Phi) is 3.59. The van der Waals surface area contributed by atoms with E-state index in [-0.39, 0.29) is 25.4 Å². The number of aromatic nitrogens is 2.